The highest BCUT2D eigenvalue weighted by atomic mass is 16.5. The number of methoxy groups -OCH3 is 1. The van der Waals surface area contributed by atoms with Crippen molar-refractivity contribution in [3.8, 4) is 5.75 Å². The van der Waals surface area contributed by atoms with Gasteiger partial charge in [-0.25, -0.2) is 0 Å². The summed E-state index contributed by atoms with van der Waals surface area (Å²) in [4.78, 5) is 19.9. The Morgan fingerprint density at radius 3 is 2.54 bits per heavy atom. The van der Waals surface area contributed by atoms with Gasteiger partial charge in [0.05, 0.1) is 31.7 Å². The number of nitrogens with zero attached hydrogens (tertiary/aromatic N) is 2. The van der Waals surface area contributed by atoms with E-state index in [1.165, 1.54) is 5.56 Å². The van der Waals surface area contributed by atoms with E-state index in [1.807, 2.05) is 49.4 Å². The van der Waals surface area contributed by atoms with E-state index in [0.29, 0.717) is 17.8 Å². The molecule has 1 fully saturated rings. The van der Waals surface area contributed by atoms with E-state index in [9.17, 15) is 4.79 Å². The SMILES string of the molecule is C=C\C=C(/N=C(/C=C(\N)C(=O)Nc1ccc(CN2CCOCC2)cc1)CC)c1ccc(OC)c(CC)c1. The third-order valence-corrected chi connectivity index (χ3v) is 6.17. The van der Waals surface area contributed by atoms with Gasteiger partial charge in [0.1, 0.15) is 5.75 Å². The Labute approximate surface area is 220 Å². The van der Waals surface area contributed by atoms with Crippen molar-refractivity contribution in [3.05, 3.63) is 89.7 Å². The molecule has 2 aromatic carbocycles. The molecule has 0 atom stereocenters. The first-order chi connectivity index (χ1) is 18.0. The van der Waals surface area contributed by atoms with Crippen LogP contribution in [0, 0.1) is 0 Å². The van der Waals surface area contributed by atoms with E-state index in [2.05, 4.69) is 29.8 Å². The lowest BCUT2D eigenvalue weighted by Gasteiger charge is -2.26. The minimum atomic E-state index is -0.367. The lowest BCUT2D eigenvalue weighted by Crippen LogP contribution is -2.35. The molecule has 0 radical (unpaired) electrons. The van der Waals surface area contributed by atoms with Gasteiger partial charge in [0.25, 0.3) is 5.91 Å². The number of carbonyl (C=O) groups is 1. The summed E-state index contributed by atoms with van der Waals surface area (Å²) >= 11 is 0. The average molecular weight is 503 g/mol. The van der Waals surface area contributed by atoms with Crippen LogP contribution >= 0.6 is 0 Å². The Hall–Kier alpha value is -3.68. The molecule has 3 N–H and O–H groups in total. The van der Waals surface area contributed by atoms with Crippen LogP contribution in [-0.4, -0.2) is 49.9 Å². The van der Waals surface area contributed by atoms with Crippen LogP contribution in [0.3, 0.4) is 0 Å². The van der Waals surface area contributed by atoms with E-state index in [4.69, 9.17) is 20.2 Å². The smallest absolute Gasteiger partial charge is 0.271 e. The van der Waals surface area contributed by atoms with Gasteiger partial charge in [0.2, 0.25) is 0 Å². The molecule has 0 spiro atoms. The molecule has 7 heteroatoms. The molecule has 1 aliphatic rings. The lowest BCUT2D eigenvalue weighted by atomic mass is 10.0. The Balaban J connectivity index is 1.71. The molecular weight excluding hydrogens is 464 g/mol. The molecule has 7 nitrogen and oxygen atoms in total. The molecular formula is C30H38N4O3. The van der Waals surface area contributed by atoms with Gasteiger partial charge in [0, 0.05) is 36.6 Å². The molecule has 2 aromatic rings. The maximum Gasteiger partial charge on any atom is 0.271 e. The zero-order chi connectivity index (χ0) is 26.6. The number of anilines is 1. The largest absolute Gasteiger partial charge is 0.496 e. The quantitative estimate of drug-likeness (QED) is 0.258. The predicted octanol–water partition coefficient (Wildman–Crippen LogP) is 4.95. The van der Waals surface area contributed by atoms with E-state index in [-0.39, 0.29) is 11.6 Å². The van der Waals surface area contributed by atoms with Crippen molar-refractivity contribution in [2.45, 2.75) is 33.2 Å². The monoisotopic (exact) mass is 502 g/mol. The number of morpholine rings is 1. The predicted molar refractivity (Wildman–Crippen MR) is 152 cm³/mol. The summed E-state index contributed by atoms with van der Waals surface area (Å²) in [6, 6.07) is 13.8. The number of nitrogens with two attached hydrogens (primary N) is 1. The van der Waals surface area contributed by atoms with Gasteiger partial charge in [-0.1, -0.05) is 38.6 Å². The first kappa shape index (κ1) is 27.9. The number of hydrogen-bond acceptors (Lipinski definition) is 6. The van der Waals surface area contributed by atoms with Crippen molar-refractivity contribution in [3.63, 3.8) is 0 Å². The van der Waals surface area contributed by atoms with E-state index < -0.39 is 0 Å². The molecule has 1 saturated heterocycles. The molecule has 0 aromatic heterocycles. The molecule has 1 aliphatic heterocycles. The maximum atomic E-state index is 12.8. The van der Waals surface area contributed by atoms with E-state index in [1.54, 1.807) is 19.3 Å². The highest BCUT2D eigenvalue weighted by Gasteiger charge is 2.12. The number of aliphatic imine (C=N–C) groups is 1. The second-order valence-corrected chi connectivity index (χ2v) is 8.76. The molecule has 1 amide bonds. The number of ether oxygens (including phenoxy) is 2. The molecule has 196 valence electrons. The van der Waals surface area contributed by atoms with E-state index in [0.717, 1.165) is 61.8 Å². The molecule has 0 saturated carbocycles. The maximum absolute atomic E-state index is 12.8. The minimum absolute atomic E-state index is 0.0972. The van der Waals surface area contributed by atoms with Gasteiger partial charge >= 0.3 is 0 Å². The Morgan fingerprint density at radius 1 is 1.19 bits per heavy atom. The number of aryl methyl sites for hydroxylation is 1. The summed E-state index contributed by atoms with van der Waals surface area (Å²) in [5.41, 5.74) is 11.6. The standard InChI is InChI=1S/C30H38N4O3/c1-5-8-28(24-11-14-29(36-4)23(6-2)19-24)32-25(7-3)20-27(31)30(35)33-26-12-9-22(10-13-26)21-34-15-17-37-18-16-34/h5,8-14,19-20H,1,6-7,15-18,21,31H2,2-4H3,(H,33,35)/b27-20-,28-8-,32-25+. The van der Waals surface area contributed by atoms with Crippen LogP contribution in [0.25, 0.3) is 5.70 Å². The van der Waals surface area contributed by atoms with Crippen LogP contribution in [-0.2, 0) is 22.5 Å². The van der Waals surface area contributed by atoms with Gasteiger partial charge in [-0.15, -0.1) is 0 Å². The van der Waals surface area contributed by atoms with Crippen LogP contribution in [0.1, 0.15) is 37.0 Å². The second kappa shape index (κ2) is 14.2. The van der Waals surface area contributed by atoms with Crippen molar-refractivity contribution < 1.29 is 14.3 Å². The number of carbonyl (C=O) groups excluding carboxylic acids is 1. The topological polar surface area (TPSA) is 89.2 Å². The number of allylic oxidation sites excluding steroid dienone is 3. The summed E-state index contributed by atoms with van der Waals surface area (Å²) in [6.07, 6.45) is 6.62. The highest BCUT2D eigenvalue weighted by Crippen LogP contribution is 2.26. The highest BCUT2D eigenvalue weighted by molar-refractivity contribution is 6.09. The van der Waals surface area contributed by atoms with Crippen LogP contribution in [0.2, 0.25) is 0 Å². The minimum Gasteiger partial charge on any atom is -0.496 e. The third-order valence-electron chi connectivity index (χ3n) is 6.17. The molecule has 0 aliphatic carbocycles. The Bertz CT molecular complexity index is 1160. The van der Waals surface area contributed by atoms with Crippen molar-refractivity contribution in [1.82, 2.24) is 4.90 Å². The summed E-state index contributed by atoms with van der Waals surface area (Å²) in [5.74, 6) is 0.480. The number of benzene rings is 2. The Morgan fingerprint density at radius 2 is 1.92 bits per heavy atom. The molecule has 0 bridgehead atoms. The molecule has 1 heterocycles. The fraction of sp³-hybridized carbons (Fsp3) is 0.333. The van der Waals surface area contributed by atoms with Gasteiger partial charge in [-0.3, -0.25) is 14.7 Å². The molecule has 0 unspecified atom stereocenters. The average Bonchev–Trinajstić information content (AvgIpc) is 2.93. The first-order valence-electron chi connectivity index (χ1n) is 12.7. The van der Waals surface area contributed by atoms with Crippen LogP contribution in [0.4, 0.5) is 5.69 Å². The van der Waals surface area contributed by atoms with Crippen molar-refractivity contribution in [2.24, 2.45) is 10.7 Å². The number of rotatable bonds is 11. The fourth-order valence-corrected chi connectivity index (χ4v) is 4.05. The zero-order valence-electron chi connectivity index (χ0n) is 22.1. The zero-order valence-corrected chi connectivity index (χ0v) is 22.1. The summed E-state index contributed by atoms with van der Waals surface area (Å²) < 4.78 is 10.9. The third kappa shape index (κ3) is 8.17. The van der Waals surface area contributed by atoms with Gasteiger partial charge in [-0.05, 0) is 66.5 Å². The summed E-state index contributed by atoms with van der Waals surface area (Å²) in [7, 11) is 1.67. The van der Waals surface area contributed by atoms with Crippen molar-refractivity contribution in [2.75, 3.05) is 38.7 Å². The van der Waals surface area contributed by atoms with Crippen molar-refractivity contribution >= 4 is 23.0 Å². The van der Waals surface area contributed by atoms with Crippen LogP contribution < -0.4 is 15.8 Å². The van der Waals surface area contributed by atoms with Gasteiger partial charge in [-0.2, -0.15) is 0 Å². The first-order valence-corrected chi connectivity index (χ1v) is 12.7. The van der Waals surface area contributed by atoms with Gasteiger partial charge < -0.3 is 20.5 Å². The van der Waals surface area contributed by atoms with Crippen LogP contribution in [0.15, 0.2) is 78.0 Å². The normalized spacial score (nSPS) is 15.4. The lowest BCUT2D eigenvalue weighted by molar-refractivity contribution is -0.112. The number of nitrogens with one attached hydrogen (secondary N) is 1. The Kier molecular flexibility index (Phi) is 10.7. The van der Waals surface area contributed by atoms with Gasteiger partial charge in [0.15, 0.2) is 0 Å². The molecule has 3 rings (SSSR count). The van der Waals surface area contributed by atoms with Crippen molar-refractivity contribution in [1.29, 1.82) is 0 Å². The molecule has 37 heavy (non-hydrogen) atoms. The summed E-state index contributed by atoms with van der Waals surface area (Å²) in [6.45, 7) is 12.2. The summed E-state index contributed by atoms with van der Waals surface area (Å²) in [5, 5.41) is 2.87. The number of amides is 1. The van der Waals surface area contributed by atoms with Crippen LogP contribution in [0.5, 0.6) is 5.75 Å². The number of hydrogen-bond donors (Lipinski definition) is 2. The second-order valence-electron chi connectivity index (χ2n) is 8.76. The van der Waals surface area contributed by atoms with E-state index >= 15 is 0 Å². The fourth-order valence-electron chi connectivity index (χ4n) is 4.05.